The van der Waals surface area contributed by atoms with Crippen LogP contribution >= 0.6 is 0 Å². The fourth-order valence-corrected chi connectivity index (χ4v) is 11.2. The number of hydrogen-bond donors (Lipinski definition) is 6. The number of carbonyl (C=O) groups excluding carboxylic acids is 6. The average molecular weight is 1270 g/mol. The molecule has 25 nitrogen and oxygen atoms in total. The summed E-state index contributed by atoms with van der Waals surface area (Å²) in [5, 5.41) is 5.84. The molecule has 0 unspecified atom stereocenters. The van der Waals surface area contributed by atoms with Crippen LogP contribution in [-0.2, 0) is 41.7 Å². The van der Waals surface area contributed by atoms with Gasteiger partial charge in [-0.2, -0.15) is 19.9 Å². The van der Waals surface area contributed by atoms with Crippen LogP contribution in [0.3, 0.4) is 0 Å². The van der Waals surface area contributed by atoms with Gasteiger partial charge in [-0.1, -0.05) is 58.5 Å². The van der Waals surface area contributed by atoms with E-state index in [0.29, 0.717) is 70.9 Å². The number of nitrogens with two attached hydrogens (primary N) is 4. The fraction of sp³-hybridized carbons (Fsp3) is 0.524. The van der Waals surface area contributed by atoms with Crippen molar-refractivity contribution in [3.05, 3.63) is 83.4 Å². The number of fused-ring (bicyclic) bond motifs is 2. The van der Waals surface area contributed by atoms with Gasteiger partial charge in [-0.15, -0.1) is 0 Å². The maximum Gasteiger partial charge on any atom is 0.328 e. The molecule has 0 saturated carbocycles. The first-order valence-corrected chi connectivity index (χ1v) is 38.5. The van der Waals surface area contributed by atoms with Crippen LogP contribution in [0, 0.1) is 5.92 Å². The molecule has 4 aromatic heterocycles. The highest BCUT2D eigenvalue weighted by Crippen LogP contribution is 2.24. The van der Waals surface area contributed by atoms with Crippen LogP contribution in [0.2, 0.25) is 51.4 Å². The SMILES string of the molecule is CN(CCCCCCC(=O)CC[C@H](NC(=O)c1ccc(N(C)Cc2cnc3nc(N)nc(N)c3n2)cc1)C(=O)OCC[Si](C)(C)C)CCCCCNC(=O)CC[C@H](CC(=O)c1ccc(N(C)Cc2cnc3nc(N)nc(N)c3n2)cc1)C(=O)OCC[Si](C)(C)C. The lowest BCUT2D eigenvalue weighted by Crippen LogP contribution is -2.42. The Labute approximate surface area is 530 Å². The van der Waals surface area contributed by atoms with Gasteiger partial charge >= 0.3 is 11.9 Å². The zero-order valence-electron chi connectivity index (χ0n) is 54.0. The van der Waals surface area contributed by atoms with Crippen molar-refractivity contribution in [1.82, 2.24) is 55.4 Å². The van der Waals surface area contributed by atoms with Gasteiger partial charge < -0.3 is 57.7 Å². The minimum absolute atomic E-state index is 0.0184. The lowest BCUT2D eigenvalue weighted by Gasteiger charge is -2.21. The molecule has 0 aliphatic rings. The molecular formula is C63H93N17O8Si2. The molecule has 6 rings (SSSR count). The quantitative estimate of drug-likeness (QED) is 0.00931. The number of esters is 2. The summed E-state index contributed by atoms with van der Waals surface area (Å²) >= 11 is 0. The highest BCUT2D eigenvalue weighted by Gasteiger charge is 2.28. The number of hydrogen-bond acceptors (Lipinski definition) is 23. The minimum Gasteiger partial charge on any atom is -0.466 e. The molecule has 0 radical (unpaired) electrons. The molecule has 2 amide bonds. The molecule has 2 aromatic carbocycles. The summed E-state index contributed by atoms with van der Waals surface area (Å²) in [7, 11) is 2.88. The van der Waals surface area contributed by atoms with Crippen LogP contribution in [0.4, 0.5) is 34.9 Å². The number of Topliss-reactive ketones (excluding diaryl/α,β-unsaturated/α-hetero) is 2. The van der Waals surface area contributed by atoms with E-state index in [1.807, 2.05) is 36.0 Å². The molecule has 10 N–H and O–H groups in total. The summed E-state index contributed by atoms with van der Waals surface area (Å²) in [5.74, 6) is -2.24. The number of rotatable bonds is 38. The Balaban J connectivity index is 0.850. The van der Waals surface area contributed by atoms with Crippen LogP contribution in [0.15, 0.2) is 60.9 Å². The topological polar surface area (TPSA) is 362 Å². The fourth-order valence-electron chi connectivity index (χ4n) is 9.73. The molecule has 0 spiro atoms. The van der Waals surface area contributed by atoms with Crippen LogP contribution in [0.5, 0.6) is 0 Å². The van der Waals surface area contributed by atoms with Crippen molar-refractivity contribution >= 4 is 109 Å². The largest absolute Gasteiger partial charge is 0.466 e. The minimum atomic E-state index is -1.50. The van der Waals surface area contributed by atoms with Crippen molar-refractivity contribution in [2.75, 3.05) is 86.7 Å². The van der Waals surface area contributed by atoms with Crippen LogP contribution in [-0.4, -0.2) is 156 Å². The summed E-state index contributed by atoms with van der Waals surface area (Å²) in [4.78, 5) is 120. The Bertz CT molecular complexity index is 3170. The third-order valence-electron chi connectivity index (χ3n) is 15.3. The molecule has 486 valence electrons. The molecule has 27 heteroatoms. The van der Waals surface area contributed by atoms with E-state index in [2.05, 4.69) is 102 Å². The van der Waals surface area contributed by atoms with E-state index in [1.165, 1.54) is 0 Å². The first kappa shape index (κ1) is 70.8. The lowest BCUT2D eigenvalue weighted by atomic mass is 9.93. The van der Waals surface area contributed by atoms with Crippen LogP contribution < -0.4 is 43.4 Å². The number of ketones is 2. The molecule has 6 aromatic rings. The summed E-state index contributed by atoms with van der Waals surface area (Å²) < 4.78 is 11.4. The second-order valence-electron chi connectivity index (χ2n) is 25.6. The molecule has 0 saturated heterocycles. The van der Waals surface area contributed by atoms with E-state index in [0.717, 1.165) is 81.5 Å². The highest BCUT2D eigenvalue weighted by atomic mass is 28.3. The van der Waals surface area contributed by atoms with Gasteiger partial charge in [0, 0.05) is 85.0 Å². The van der Waals surface area contributed by atoms with Crippen molar-refractivity contribution in [3.8, 4) is 0 Å². The number of nitrogen functional groups attached to an aromatic ring is 4. The number of nitrogens with zero attached hydrogens (tertiary/aromatic N) is 11. The number of benzene rings is 2. The second kappa shape index (κ2) is 34.0. The second-order valence-corrected chi connectivity index (χ2v) is 36.9. The molecule has 0 bridgehead atoms. The maximum absolute atomic E-state index is 13.6. The zero-order valence-corrected chi connectivity index (χ0v) is 56.0. The number of carbonyl (C=O) groups is 6. The van der Waals surface area contributed by atoms with E-state index in [1.54, 1.807) is 48.8 Å². The van der Waals surface area contributed by atoms with Gasteiger partial charge in [0.05, 0.1) is 56.0 Å². The number of aromatic nitrogens is 8. The maximum atomic E-state index is 13.6. The first-order valence-electron chi connectivity index (χ1n) is 31.1. The third-order valence-corrected chi connectivity index (χ3v) is 18.7. The Morgan fingerprint density at radius 2 is 1.04 bits per heavy atom. The summed E-state index contributed by atoms with van der Waals surface area (Å²) in [6, 6.07) is 14.7. The highest BCUT2D eigenvalue weighted by molar-refractivity contribution is 6.76. The van der Waals surface area contributed by atoms with Gasteiger partial charge in [-0.25, -0.2) is 24.7 Å². The molecule has 0 aliphatic carbocycles. The molecular weight excluding hydrogens is 1180 g/mol. The Hall–Kier alpha value is -8.31. The number of amides is 2. The monoisotopic (exact) mass is 1270 g/mol. The van der Waals surface area contributed by atoms with Gasteiger partial charge in [-0.3, -0.25) is 24.0 Å². The molecule has 4 heterocycles. The molecule has 0 aliphatic heterocycles. The van der Waals surface area contributed by atoms with Crippen molar-refractivity contribution in [2.24, 2.45) is 5.92 Å². The summed E-state index contributed by atoms with van der Waals surface area (Å²) in [5.41, 5.74) is 28.4. The Kier molecular flexibility index (Phi) is 26.8. The van der Waals surface area contributed by atoms with Crippen molar-refractivity contribution < 1.29 is 38.2 Å². The van der Waals surface area contributed by atoms with E-state index in [9.17, 15) is 28.8 Å². The summed E-state index contributed by atoms with van der Waals surface area (Å²) in [6.45, 7) is 16.9. The smallest absolute Gasteiger partial charge is 0.328 e. The summed E-state index contributed by atoms with van der Waals surface area (Å²) in [6.07, 6.45) is 10.4. The average Bonchev–Trinajstić information content (AvgIpc) is 1.08. The molecule has 90 heavy (non-hydrogen) atoms. The zero-order chi connectivity index (χ0) is 65.5. The van der Waals surface area contributed by atoms with E-state index >= 15 is 0 Å². The Morgan fingerprint density at radius 3 is 1.57 bits per heavy atom. The van der Waals surface area contributed by atoms with E-state index < -0.39 is 46.0 Å². The van der Waals surface area contributed by atoms with E-state index in [-0.39, 0.29) is 86.3 Å². The normalized spacial score (nSPS) is 12.4. The number of nitrogens with one attached hydrogen (secondary N) is 2. The standard InChI is InChI=1S/C63H93N17O8Si2/c1-78(31-15-11-10-13-17-49(81)27-28-50(61(86)88-34-36-90(7,8)9)73-59(84)43-20-25-48(26-21-43)80(3)41-46-39-70-58-54(72-46)56(65)75-63(67)77-58)32-16-12-14-30-68-52(83)29-22-44(60(85)87-33-35-89(4,5)6)37-51(82)42-18-23-47(24-19-42)79(2)40-45-38-69-57-53(71-45)55(64)74-62(66)76-57/h18-21,23-26,38-39,44,50H,10-17,22,27-37,40-41H2,1-9H3,(H,68,83)(H,73,84)(H4,64,66,69,74,76)(H4,65,67,70,75,77)/t44-,50+/m1/s1. The van der Waals surface area contributed by atoms with Gasteiger partial charge in [0.2, 0.25) is 17.8 Å². The van der Waals surface area contributed by atoms with Gasteiger partial charge in [0.15, 0.2) is 39.7 Å². The number of anilines is 6. The lowest BCUT2D eigenvalue weighted by molar-refractivity contribution is -0.148. The predicted molar refractivity (Wildman–Crippen MR) is 358 cm³/mol. The molecule has 0 fully saturated rings. The molecule has 2 atom stereocenters. The van der Waals surface area contributed by atoms with Gasteiger partial charge in [-0.05, 0) is 119 Å². The van der Waals surface area contributed by atoms with Gasteiger partial charge in [0.25, 0.3) is 5.91 Å². The predicted octanol–water partition coefficient (Wildman–Crippen LogP) is 7.80. The Morgan fingerprint density at radius 1 is 0.556 bits per heavy atom. The number of unbranched alkanes of at least 4 members (excludes halogenated alkanes) is 5. The first-order chi connectivity index (χ1) is 42.7. The van der Waals surface area contributed by atoms with Crippen molar-refractivity contribution in [3.63, 3.8) is 0 Å². The number of ether oxygens (including phenoxy) is 2. The van der Waals surface area contributed by atoms with Crippen molar-refractivity contribution in [2.45, 2.75) is 154 Å². The third kappa shape index (κ3) is 23.9. The van der Waals surface area contributed by atoms with Crippen LogP contribution in [0.25, 0.3) is 22.3 Å². The van der Waals surface area contributed by atoms with E-state index in [4.69, 9.17) is 32.4 Å². The van der Waals surface area contributed by atoms with Gasteiger partial charge in [0.1, 0.15) is 11.8 Å². The van der Waals surface area contributed by atoms with Crippen molar-refractivity contribution in [1.29, 1.82) is 0 Å². The van der Waals surface area contributed by atoms with Crippen LogP contribution in [0.1, 0.15) is 116 Å².